The van der Waals surface area contributed by atoms with Gasteiger partial charge in [-0.2, -0.15) is 13.2 Å². The highest BCUT2D eigenvalue weighted by atomic mass is 19.4. The predicted molar refractivity (Wildman–Crippen MR) is 156 cm³/mol. The number of carbonyl (C=O) groups is 6. The molecule has 47 heavy (non-hydrogen) atoms. The molecule has 1 aromatic carbocycles. The zero-order chi connectivity index (χ0) is 34.7. The van der Waals surface area contributed by atoms with Crippen LogP contribution in [0.4, 0.5) is 13.2 Å². The third-order valence-corrected chi connectivity index (χ3v) is 9.63. The first kappa shape index (κ1) is 34.0. The number of alkyl halides is 3. The van der Waals surface area contributed by atoms with Crippen LogP contribution in [0.5, 0.6) is 5.75 Å². The van der Waals surface area contributed by atoms with Crippen molar-refractivity contribution in [3.8, 4) is 5.75 Å². The standard InChI is InChI=1S/C32H34F3N3O9/c1-4-47-20-8-5-13(9-15(20)12-37-30(45)32(33,34)35)16-6-7-19(39)22-17(16)10-14-11-18-24(38(2)3)26(41)23(29(36)44)28(43)31(18,46)27(42)21(14)25(22)40/h6-7,9,14,18,21,23-24,39,46H,4-5,8,10-12H2,1-3H3,(H2,36,44)(H,37,45)/t14-,18-,21?,23?,24?,31-/m0/s1. The molecule has 2 saturated carbocycles. The van der Waals surface area contributed by atoms with E-state index in [1.807, 2.05) is 5.32 Å². The van der Waals surface area contributed by atoms with Crippen molar-refractivity contribution in [2.45, 2.75) is 50.4 Å². The van der Waals surface area contributed by atoms with Gasteiger partial charge in [-0.3, -0.25) is 33.7 Å². The first-order chi connectivity index (χ1) is 21.9. The molecule has 2 fully saturated rings. The lowest BCUT2D eigenvalue weighted by Gasteiger charge is -2.52. The minimum absolute atomic E-state index is 0.00901. The Labute approximate surface area is 266 Å². The van der Waals surface area contributed by atoms with Crippen LogP contribution in [-0.4, -0.2) is 95.1 Å². The molecule has 1 aromatic rings. The molecule has 12 nitrogen and oxygen atoms in total. The average molecular weight is 662 g/mol. The van der Waals surface area contributed by atoms with Gasteiger partial charge in [0, 0.05) is 24.5 Å². The van der Waals surface area contributed by atoms with Crippen molar-refractivity contribution in [1.29, 1.82) is 0 Å². The Morgan fingerprint density at radius 2 is 1.81 bits per heavy atom. The molecule has 15 heteroatoms. The van der Waals surface area contributed by atoms with Gasteiger partial charge in [0.15, 0.2) is 34.7 Å². The van der Waals surface area contributed by atoms with E-state index in [1.165, 1.54) is 25.1 Å². The van der Waals surface area contributed by atoms with Gasteiger partial charge in [-0.25, -0.2) is 0 Å². The molecule has 0 aromatic heterocycles. The third kappa shape index (κ3) is 5.44. The van der Waals surface area contributed by atoms with Crippen LogP contribution in [0.2, 0.25) is 0 Å². The van der Waals surface area contributed by atoms with Gasteiger partial charge in [-0.05, 0) is 69.0 Å². The summed E-state index contributed by atoms with van der Waals surface area (Å²) in [6, 6.07) is 1.53. The van der Waals surface area contributed by atoms with E-state index in [0.29, 0.717) is 28.9 Å². The number of Topliss-reactive ketones (excluding diaryl/α,β-unsaturated/α-hetero) is 4. The molecular formula is C32H34F3N3O9. The highest BCUT2D eigenvalue weighted by Gasteiger charge is 2.69. The molecule has 4 aliphatic carbocycles. The van der Waals surface area contributed by atoms with E-state index in [-0.39, 0.29) is 37.0 Å². The molecule has 2 amide bonds. The largest absolute Gasteiger partial charge is 0.507 e. The molecular weight excluding hydrogens is 627 g/mol. The summed E-state index contributed by atoms with van der Waals surface area (Å²) in [5.41, 5.74) is 3.96. The van der Waals surface area contributed by atoms with Gasteiger partial charge in [-0.15, -0.1) is 0 Å². The highest BCUT2D eigenvalue weighted by Crippen LogP contribution is 2.51. The van der Waals surface area contributed by atoms with Crippen molar-refractivity contribution in [3.05, 3.63) is 46.2 Å². The number of nitrogens with two attached hydrogens (primary N) is 1. The molecule has 252 valence electrons. The Kier molecular flexibility index (Phi) is 8.69. The third-order valence-electron chi connectivity index (χ3n) is 9.63. The molecule has 0 spiro atoms. The summed E-state index contributed by atoms with van der Waals surface area (Å²) in [6.07, 6.45) is -3.08. The lowest BCUT2D eigenvalue weighted by molar-refractivity contribution is -0.181. The maximum absolute atomic E-state index is 14.0. The number of phenols is 1. The normalized spacial score (nSPS) is 29.2. The van der Waals surface area contributed by atoms with Crippen LogP contribution in [0.3, 0.4) is 0 Å². The molecule has 0 heterocycles. The summed E-state index contributed by atoms with van der Waals surface area (Å²) in [5.74, 6) is -13.5. The van der Waals surface area contributed by atoms with Crippen LogP contribution in [0.15, 0.2) is 29.5 Å². The Hall–Kier alpha value is -4.37. The van der Waals surface area contributed by atoms with Gasteiger partial charge in [-0.1, -0.05) is 12.1 Å². The number of carbonyl (C=O) groups excluding carboxylic acids is 6. The Morgan fingerprint density at radius 1 is 1.13 bits per heavy atom. The second-order valence-electron chi connectivity index (χ2n) is 12.5. The number of nitrogens with one attached hydrogen (secondary N) is 1. The molecule has 5 rings (SSSR count). The molecule has 0 aliphatic heterocycles. The number of fused-ring (bicyclic) bond motifs is 3. The number of allylic oxidation sites excluding steroid dienone is 2. The predicted octanol–water partition coefficient (Wildman–Crippen LogP) is 1.01. The number of hydrogen-bond donors (Lipinski definition) is 4. The molecule has 5 N–H and O–H groups in total. The van der Waals surface area contributed by atoms with E-state index in [1.54, 1.807) is 19.1 Å². The number of rotatable bonds is 7. The number of ether oxygens (including phenoxy) is 1. The van der Waals surface area contributed by atoms with Crippen LogP contribution in [0.25, 0.3) is 5.57 Å². The van der Waals surface area contributed by atoms with Gasteiger partial charge < -0.3 is 26.0 Å². The number of halogens is 3. The van der Waals surface area contributed by atoms with Crippen molar-refractivity contribution < 1.29 is 56.9 Å². The minimum Gasteiger partial charge on any atom is -0.507 e. The number of primary amides is 1. The van der Waals surface area contributed by atoms with E-state index >= 15 is 0 Å². The van der Waals surface area contributed by atoms with Crippen LogP contribution in [-0.2, 0) is 35.1 Å². The molecule has 3 unspecified atom stereocenters. The monoisotopic (exact) mass is 661 g/mol. The molecule has 6 atom stereocenters. The smallest absolute Gasteiger partial charge is 0.471 e. The van der Waals surface area contributed by atoms with Gasteiger partial charge >= 0.3 is 12.1 Å². The maximum Gasteiger partial charge on any atom is 0.471 e. The summed E-state index contributed by atoms with van der Waals surface area (Å²) in [5, 5.41) is 24.4. The van der Waals surface area contributed by atoms with Gasteiger partial charge in [0.1, 0.15) is 11.5 Å². The number of hydrogen-bond acceptors (Lipinski definition) is 10. The van der Waals surface area contributed by atoms with Crippen molar-refractivity contribution >= 4 is 40.5 Å². The summed E-state index contributed by atoms with van der Waals surface area (Å²) in [7, 11) is 2.97. The van der Waals surface area contributed by atoms with E-state index < -0.39 is 88.7 Å². The fraction of sp³-hybridized carbons (Fsp3) is 0.500. The molecule has 0 saturated heterocycles. The van der Waals surface area contributed by atoms with Crippen LogP contribution in [0.1, 0.15) is 47.7 Å². The van der Waals surface area contributed by atoms with Crippen LogP contribution < -0.4 is 11.1 Å². The number of aromatic hydroxyl groups is 1. The quantitative estimate of drug-likeness (QED) is 0.307. The van der Waals surface area contributed by atoms with Gasteiger partial charge in [0.05, 0.1) is 24.1 Å². The summed E-state index contributed by atoms with van der Waals surface area (Å²) < 4.78 is 44.3. The zero-order valence-corrected chi connectivity index (χ0v) is 25.8. The number of benzene rings is 1. The first-order valence-corrected chi connectivity index (χ1v) is 15.0. The van der Waals surface area contributed by atoms with Crippen molar-refractivity contribution in [3.63, 3.8) is 0 Å². The van der Waals surface area contributed by atoms with Gasteiger partial charge in [0.2, 0.25) is 5.91 Å². The number of amides is 2. The van der Waals surface area contributed by atoms with E-state index in [4.69, 9.17) is 10.5 Å². The number of nitrogens with zero attached hydrogens (tertiary/aromatic N) is 1. The minimum atomic E-state index is -5.09. The second-order valence-corrected chi connectivity index (χ2v) is 12.5. The highest BCUT2D eigenvalue weighted by molar-refractivity contribution is 6.32. The lowest BCUT2D eigenvalue weighted by Crippen LogP contribution is -2.74. The second kappa shape index (κ2) is 12.0. The fourth-order valence-corrected chi connectivity index (χ4v) is 7.65. The number of ketones is 4. The molecule has 0 bridgehead atoms. The Morgan fingerprint density at radius 3 is 2.40 bits per heavy atom. The summed E-state index contributed by atoms with van der Waals surface area (Å²) in [4.78, 5) is 79.9. The number of phenolic OH excluding ortho intramolecular Hbond substituents is 1. The van der Waals surface area contributed by atoms with Gasteiger partial charge in [0.25, 0.3) is 0 Å². The Bertz CT molecular complexity index is 1660. The SMILES string of the molecule is CCOC1=C(CNC(=O)C(F)(F)F)C=C(c2ccc(O)c3c2C[C@H]2C[C@H]4C(N(C)C)C(=O)C(C(N)=O)C(=O)[C@@]4(O)C(=O)C2C3=O)CC1. The first-order valence-electron chi connectivity index (χ1n) is 15.0. The molecule has 0 radical (unpaired) electrons. The number of aliphatic hydroxyl groups is 1. The zero-order valence-electron chi connectivity index (χ0n) is 25.8. The fourth-order valence-electron chi connectivity index (χ4n) is 7.65. The van der Waals surface area contributed by atoms with Crippen molar-refractivity contribution in [2.75, 3.05) is 27.2 Å². The lowest BCUT2D eigenvalue weighted by atomic mass is 9.52. The van der Waals surface area contributed by atoms with Crippen molar-refractivity contribution in [1.82, 2.24) is 10.2 Å². The average Bonchev–Trinajstić information content (AvgIpc) is 2.97. The van der Waals surface area contributed by atoms with Crippen LogP contribution in [0, 0.1) is 23.7 Å². The Balaban J connectivity index is 1.57. The van der Waals surface area contributed by atoms with Crippen LogP contribution >= 0.6 is 0 Å². The maximum atomic E-state index is 14.0. The van der Waals surface area contributed by atoms with E-state index in [9.17, 15) is 52.2 Å². The summed E-state index contributed by atoms with van der Waals surface area (Å²) in [6.45, 7) is 1.43. The van der Waals surface area contributed by atoms with Crippen molar-refractivity contribution in [2.24, 2.45) is 29.4 Å². The van der Waals surface area contributed by atoms with E-state index in [0.717, 1.165) is 0 Å². The molecule has 4 aliphatic rings. The summed E-state index contributed by atoms with van der Waals surface area (Å²) >= 11 is 0. The number of likely N-dealkylation sites (N-methyl/N-ethyl adjacent to an activating group) is 1. The van der Waals surface area contributed by atoms with E-state index in [2.05, 4.69) is 0 Å². The topological polar surface area (TPSA) is 193 Å².